The van der Waals surface area contributed by atoms with E-state index in [2.05, 4.69) is 28.3 Å². The maximum atomic E-state index is 11.2. The van der Waals surface area contributed by atoms with Crippen molar-refractivity contribution in [2.24, 2.45) is 5.92 Å². The monoisotopic (exact) mass is 277 g/mol. The number of rotatable bonds is 3. The van der Waals surface area contributed by atoms with Crippen LogP contribution in [0.4, 0.5) is 0 Å². The van der Waals surface area contributed by atoms with Crippen LogP contribution in [0.1, 0.15) is 44.1 Å². The second kappa shape index (κ2) is 5.20. The Labute approximate surface area is 119 Å². The van der Waals surface area contributed by atoms with Crippen LogP contribution in [0, 0.1) is 5.92 Å². The maximum Gasteiger partial charge on any atom is 0.308 e. The Balaban J connectivity index is 1.79. The average Bonchev–Trinajstić information content (AvgIpc) is 3.03. The van der Waals surface area contributed by atoms with Crippen molar-refractivity contribution in [1.82, 2.24) is 14.5 Å². The van der Waals surface area contributed by atoms with Crippen molar-refractivity contribution in [2.75, 3.05) is 13.1 Å². The highest BCUT2D eigenvalue weighted by molar-refractivity contribution is 5.70. The Bertz CT molecular complexity index is 509. The van der Waals surface area contributed by atoms with Crippen molar-refractivity contribution < 1.29 is 9.90 Å². The number of nitrogens with zero attached hydrogens (tertiary/aromatic N) is 3. The fourth-order valence-corrected chi connectivity index (χ4v) is 3.47. The number of aryl methyl sites for hydroxylation is 1. The van der Waals surface area contributed by atoms with E-state index in [1.807, 2.05) is 6.20 Å². The van der Waals surface area contributed by atoms with Gasteiger partial charge in [-0.1, -0.05) is 0 Å². The first-order valence-electron chi connectivity index (χ1n) is 7.57. The van der Waals surface area contributed by atoms with Gasteiger partial charge in [0.1, 0.15) is 5.82 Å². The number of carboxylic acids is 1. The minimum atomic E-state index is -0.675. The van der Waals surface area contributed by atoms with Gasteiger partial charge in [0.2, 0.25) is 0 Å². The van der Waals surface area contributed by atoms with Gasteiger partial charge in [0, 0.05) is 36.9 Å². The summed E-state index contributed by atoms with van der Waals surface area (Å²) in [6, 6.07) is 0.572. The summed E-state index contributed by atoms with van der Waals surface area (Å²) in [6.07, 6.45) is 4.66. The van der Waals surface area contributed by atoms with Crippen LogP contribution in [0.5, 0.6) is 0 Å². The third kappa shape index (κ3) is 2.35. The largest absolute Gasteiger partial charge is 0.481 e. The topological polar surface area (TPSA) is 58.4 Å². The number of hydrogen-bond acceptors (Lipinski definition) is 3. The number of carbonyl (C=O) groups is 1. The summed E-state index contributed by atoms with van der Waals surface area (Å²) in [7, 11) is 0. The number of imidazole rings is 1. The molecule has 0 bridgehead atoms. The molecule has 0 saturated carbocycles. The highest BCUT2D eigenvalue weighted by Crippen LogP contribution is 2.31. The molecular formula is C15H23N3O2. The number of carboxylic acid groups (broad SMARTS) is 1. The molecule has 0 spiro atoms. The average molecular weight is 277 g/mol. The fourth-order valence-electron chi connectivity index (χ4n) is 3.47. The van der Waals surface area contributed by atoms with E-state index in [9.17, 15) is 9.90 Å². The molecule has 2 aliphatic rings. The number of aromatic nitrogens is 2. The third-order valence-electron chi connectivity index (χ3n) is 4.79. The summed E-state index contributed by atoms with van der Waals surface area (Å²) in [5, 5.41) is 9.23. The van der Waals surface area contributed by atoms with Gasteiger partial charge >= 0.3 is 5.97 Å². The van der Waals surface area contributed by atoms with E-state index in [0.29, 0.717) is 18.5 Å². The van der Waals surface area contributed by atoms with Gasteiger partial charge in [-0.3, -0.25) is 4.79 Å². The minimum absolute atomic E-state index is 0.252. The lowest BCUT2D eigenvalue weighted by Crippen LogP contribution is -2.30. The molecule has 1 aromatic rings. The van der Waals surface area contributed by atoms with E-state index >= 15 is 0 Å². The van der Waals surface area contributed by atoms with Crippen molar-refractivity contribution in [1.29, 1.82) is 0 Å². The molecule has 2 atom stereocenters. The first-order valence-corrected chi connectivity index (χ1v) is 7.57. The van der Waals surface area contributed by atoms with Gasteiger partial charge in [-0.25, -0.2) is 4.98 Å². The number of likely N-dealkylation sites (tertiary alicyclic amines) is 1. The van der Waals surface area contributed by atoms with Crippen LogP contribution in [0.2, 0.25) is 0 Å². The van der Waals surface area contributed by atoms with Gasteiger partial charge in [-0.05, 0) is 39.7 Å². The van der Waals surface area contributed by atoms with Gasteiger partial charge in [-0.15, -0.1) is 0 Å². The fraction of sp³-hybridized carbons (Fsp3) is 0.733. The Morgan fingerprint density at radius 2 is 2.20 bits per heavy atom. The highest BCUT2D eigenvalue weighted by atomic mass is 16.4. The molecule has 5 nitrogen and oxygen atoms in total. The van der Waals surface area contributed by atoms with E-state index in [4.69, 9.17) is 0 Å². The predicted octanol–water partition coefficient (Wildman–Crippen LogP) is 1.73. The summed E-state index contributed by atoms with van der Waals surface area (Å²) in [5.74, 6) is 0.636. The summed E-state index contributed by atoms with van der Waals surface area (Å²) in [4.78, 5) is 18.3. The van der Waals surface area contributed by atoms with Crippen molar-refractivity contribution in [2.45, 2.75) is 51.6 Å². The standard InChI is InChI=1S/C15H23N3O2/c1-10(2)17-6-5-11(8-17)14-16-7-13-4-3-12(15(19)20)9-18(13)14/h7,10-12H,3-6,8-9H2,1-2H3,(H,19,20). The van der Waals surface area contributed by atoms with Crippen LogP contribution in [0.15, 0.2) is 6.20 Å². The Hall–Kier alpha value is -1.36. The van der Waals surface area contributed by atoms with Crippen molar-refractivity contribution in [3.05, 3.63) is 17.7 Å². The van der Waals surface area contributed by atoms with Gasteiger partial charge in [-0.2, -0.15) is 0 Å². The van der Waals surface area contributed by atoms with Crippen LogP contribution in [0.25, 0.3) is 0 Å². The molecule has 2 aliphatic heterocycles. The molecule has 3 rings (SSSR count). The van der Waals surface area contributed by atoms with Crippen molar-refractivity contribution >= 4 is 5.97 Å². The van der Waals surface area contributed by atoms with Crippen LogP contribution in [-0.4, -0.2) is 44.7 Å². The van der Waals surface area contributed by atoms with E-state index in [1.165, 1.54) is 5.69 Å². The predicted molar refractivity (Wildman–Crippen MR) is 75.7 cm³/mol. The lowest BCUT2D eigenvalue weighted by atomic mass is 9.97. The number of aliphatic carboxylic acids is 1. The SMILES string of the molecule is CC(C)N1CCC(c2ncc3n2CC(C(=O)O)CC3)C1. The molecule has 0 aliphatic carbocycles. The van der Waals surface area contributed by atoms with Crippen LogP contribution in [0.3, 0.4) is 0 Å². The molecule has 1 N–H and O–H groups in total. The molecule has 1 fully saturated rings. The van der Waals surface area contributed by atoms with E-state index in [0.717, 1.165) is 38.2 Å². The molecule has 2 unspecified atom stereocenters. The second-order valence-electron chi connectivity index (χ2n) is 6.37. The van der Waals surface area contributed by atoms with E-state index < -0.39 is 5.97 Å². The molecular weight excluding hydrogens is 254 g/mol. The molecule has 1 aromatic heterocycles. The van der Waals surface area contributed by atoms with Crippen LogP contribution in [-0.2, 0) is 17.8 Å². The lowest BCUT2D eigenvalue weighted by molar-refractivity contribution is -0.142. The number of hydrogen-bond donors (Lipinski definition) is 1. The van der Waals surface area contributed by atoms with Crippen molar-refractivity contribution in [3.8, 4) is 0 Å². The molecule has 0 amide bonds. The smallest absolute Gasteiger partial charge is 0.308 e. The first-order chi connectivity index (χ1) is 9.56. The second-order valence-corrected chi connectivity index (χ2v) is 6.37. The normalized spacial score (nSPS) is 26.9. The van der Waals surface area contributed by atoms with Gasteiger partial charge in [0.25, 0.3) is 0 Å². The zero-order valence-corrected chi connectivity index (χ0v) is 12.2. The Kier molecular flexibility index (Phi) is 3.54. The quantitative estimate of drug-likeness (QED) is 0.914. The van der Waals surface area contributed by atoms with E-state index in [1.54, 1.807) is 0 Å². The number of fused-ring (bicyclic) bond motifs is 1. The Morgan fingerprint density at radius 3 is 2.85 bits per heavy atom. The van der Waals surface area contributed by atoms with Crippen LogP contribution < -0.4 is 0 Å². The van der Waals surface area contributed by atoms with Gasteiger partial charge in [0.15, 0.2) is 0 Å². The molecule has 110 valence electrons. The van der Waals surface area contributed by atoms with Gasteiger partial charge < -0.3 is 14.6 Å². The Morgan fingerprint density at radius 1 is 1.40 bits per heavy atom. The highest BCUT2D eigenvalue weighted by Gasteiger charge is 2.32. The minimum Gasteiger partial charge on any atom is -0.481 e. The van der Waals surface area contributed by atoms with Crippen LogP contribution >= 0.6 is 0 Å². The van der Waals surface area contributed by atoms with Gasteiger partial charge in [0.05, 0.1) is 5.92 Å². The summed E-state index contributed by atoms with van der Waals surface area (Å²) < 4.78 is 2.18. The van der Waals surface area contributed by atoms with Crippen molar-refractivity contribution in [3.63, 3.8) is 0 Å². The molecule has 0 radical (unpaired) electrons. The summed E-state index contributed by atoms with van der Waals surface area (Å²) in [6.45, 7) is 7.21. The summed E-state index contributed by atoms with van der Waals surface area (Å²) in [5.41, 5.74) is 1.21. The molecule has 1 saturated heterocycles. The van der Waals surface area contributed by atoms with E-state index in [-0.39, 0.29) is 5.92 Å². The molecule has 5 heteroatoms. The molecule has 3 heterocycles. The first kappa shape index (κ1) is 13.6. The molecule has 0 aromatic carbocycles. The lowest BCUT2D eigenvalue weighted by Gasteiger charge is -2.24. The summed E-state index contributed by atoms with van der Waals surface area (Å²) >= 11 is 0. The zero-order chi connectivity index (χ0) is 14.3. The molecule has 20 heavy (non-hydrogen) atoms. The zero-order valence-electron chi connectivity index (χ0n) is 12.2. The maximum absolute atomic E-state index is 11.2. The third-order valence-corrected chi connectivity index (χ3v) is 4.79.